The number of nitrogens with zero attached hydrogens (tertiary/aromatic N) is 1. The Hall–Kier alpha value is -1.87. The molecule has 0 fully saturated rings. The van der Waals surface area contributed by atoms with Crippen LogP contribution in [0.5, 0.6) is 5.75 Å². The molecule has 0 bridgehead atoms. The predicted molar refractivity (Wildman–Crippen MR) is 79.9 cm³/mol. The maximum Gasteiger partial charge on any atom is 0.137 e. The molecular formula is C17H21NO2. The first-order valence-electron chi connectivity index (χ1n) is 6.98. The van der Waals surface area contributed by atoms with Crippen LogP contribution >= 0.6 is 0 Å². The minimum Gasteiger partial charge on any atom is -0.492 e. The normalized spacial score (nSPS) is 13.8. The third kappa shape index (κ3) is 2.99. The van der Waals surface area contributed by atoms with Crippen molar-refractivity contribution in [3.8, 4) is 5.75 Å². The third-order valence-corrected chi connectivity index (χ3v) is 3.51. The van der Waals surface area contributed by atoms with Gasteiger partial charge in [-0.25, -0.2) is 0 Å². The molecule has 1 N–H and O–H groups in total. The van der Waals surface area contributed by atoms with E-state index < -0.39 is 5.60 Å². The molecule has 0 saturated heterocycles. The molecule has 1 heterocycles. The van der Waals surface area contributed by atoms with Crippen LogP contribution in [0.1, 0.15) is 37.5 Å². The SMILES string of the molecule is CCOc1cncc(C(C)(O)c2ccc(CC)cc2)c1. The highest BCUT2D eigenvalue weighted by molar-refractivity contribution is 5.38. The molecule has 0 aliphatic carbocycles. The summed E-state index contributed by atoms with van der Waals surface area (Å²) in [5, 5.41) is 10.8. The van der Waals surface area contributed by atoms with E-state index >= 15 is 0 Å². The quantitative estimate of drug-likeness (QED) is 0.907. The Morgan fingerprint density at radius 1 is 1.10 bits per heavy atom. The molecule has 0 aliphatic rings. The lowest BCUT2D eigenvalue weighted by Crippen LogP contribution is -2.23. The van der Waals surface area contributed by atoms with E-state index in [0.29, 0.717) is 12.4 Å². The van der Waals surface area contributed by atoms with Gasteiger partial charge in [0, 0.05) is 11.8 Å². The van der Waals surface area contributed by atoms with E-state index in [4.69, 9.17) is 4.74 Å². The number of benzene rings is 1. The number of hydrogen-bond donors (Lipinski definition) is 1. The van der Waals surface area contributed by atoms with Crippen molar-refractivity contribution in [1.29, 1.82) is 0 Å². The molecule has 0 aliphatic heterocycles. The first-order chi connectivity index (χ1) is 9.57. The lowest BCUT2D eigenvalue weighted by molar-refractivity contribution is 0.101. The molecule has 2 rings (SSSR count). The van der Waals surface area contributed by atoms with Gasteiger partial charge in [-0.05, 0) is 37.5 Å². The average Bonchev–Trinajstić information content (AvgIpc) is 2.48. The summed E-state index contributed by atoms with van der Waals surface area (Å²) in [6.45, 7) is 6.40. The zero-order chi connectivity index (χ0) is 14.6. The van der Waals surface area contributed by atoms with E-state index in [0.717, 1.165) is 17.5 Å². The first kappa shape index (κ1) is 14.5. The average molecular weight is 271 g/mol. The predicted octanol–water partition coefficient (Wildman–Crippen LogP) is 3.30. The fourth-order valence-corrected chi connectivity index (χ4v) is 2.16. The molecule has 20 heavy (non-hydrogen) atoms. The number of aromatic nitrogens is 1. The van der Waals surface area contributed by atoms with Crippen molar-refractivity contribution in [3.05, 3.63) is 59.4 Å². The van der Waals surface area contributed by atoms with Crippen LogP contribution in [0.4, 0.5) is 0 Å². The minimum atomic E-state index is -1.08. The van der Waals surface area contributed by atoms with Crippen molar-refractivity contribution in [2.75, 3.05) is 6.61 Å². The highest BCUT2D eigenvalue weighted by Gasteiger charge is 2.26. The molecule has 3 nitrogen and oxygen atoms in total. The van der Waals surface area contributed by atoms with Gasteiger partial charge >= 0.3 is 0 Å². The summed E-state index contributed by atoms with van der Waals surface area (Å²) in [6, 6.07) is 9.86. The zero-order valence-electron chi connectivity index (χ0n) is 12.3. The topological polar surface area (TPSA) is 42.4 Å². The Labute approximate surface area is 120 Å². The van der Waals surface area contributed by atoms with E-state index in [2.05, 4.69) is 11.9 Å². The molecule has 1 unspecified atom stereocenters. The zero-order valence-corrected chi connectivity index (χ0v) is 12.3. The fraction of sp³-hybridized carbons (Fsp3) is 0.353. The monoisotopic (exact) mass is 271 g/mol. The van der Waals surface area contributed by atoms with Crippen molar-refractivity contribution < 1.29 is 9.84 Å². The largest absolute Gasteiger partial charge is 0.492 e. The molecule has 1 aromatic carbocycles. The van der Waals surface area contributed by atoms with Crippen LogP contribution in [0, 0.1) is 0 Å². The van der Waals surface area contributed by atoms with Gasteiger partial charge in [0.1, 0.15) is 11.4 Å². The molecule has 106 valence electrons. The van der Waals surface area contributed by atoms with Crippen molar-refractivity contribution in [3.63, 3.8) is 0 Å². The van der Waals surface area contributed by atoms with Crippen molar-refractivity contribution in [2.45, 2.75) is 32.8 Å². The van der Waals surface area contributed by atoms with Gasteiger partial charge in [-0.15, -0.1) is 0 Å². The number of rotatable bonds is 5. The smallest absolute Gasteiger partial charge is 0.137 e. The molecule has 0 amide bonds. The Balaban J connectivity index is 2.34. The second-order valence-corrected chi connectivity index (χ2v) is 4.97. The van der Waals surface area contributed by atoms with E-state index in [1.807, 2.05) is 37.3 Å². The summed E-state index contributed by atoms with van der Waals surface area (Å²) in [4.78, 5) is 4.14. The van der Waals surface area contributed by atoms with Crippen LogP contribution in [0.3, 0.4) is 0 Å². The second-order valence-electron chi connectivity index (χ2n) is 4.97. The Bertz CT molecular complexity index is 561. The van der Waals surface area contributed by atoms with Gasteiger partial charge in [-0.3, -0.25) is 4.98 Å². The van der Waals surface area contributed by atoms with Crippen LogP contribution in [-0.4, -0.2) is 16.7 Å². The van der Waals surface area contributed by atoms with E-state index in [1.165, 1.54) is 5.56 Å². The molecule has 0 saturated carbocycles. The summed E-state index contributed by atoms with van der Waals surface area (Å²) >= 11 is 0. The molecule has 3 heteroatoms. The van der Waals surface area contributed by atoms with Gasteiger partial charge in [0.05, 0.1) is 12.8 Å². The lowest BCUT2D eigenvalue weighted by atomic mass is 9.88. The number of aryl methyl sites for hydroxylation is 1. The highest BCUT2D eigenvalue weighted by Crippen LogP contribution is 2.30. The maximum atomic E-state index is 10.8. The standard InChI is InChI=1S/C17H21NO2/c1-4-13-6-8-14(9-7-13)17(3,19)15-10-16(20-5-2)12-18-11-15/h6-12,19H,4-5H2,1-3H3. The Morgan fingerprint density at radius 3 is 2.40 bits per heavy atom. The Kier molecular flexibility index (Phi) is 4.40. The van der Waals surface area contributed by atoms with E-state index in [9.17, 15) is 5.11 Å². The van der Waals surface area contributed by atoms with Crippen LogP contribution in [0.25, 0.3) is 0 Å². The van der Waals surface area contributed by atoms with E-state index in [1.54, 1.807) is 19.3 Å². The van der Waals surface area contributed by atoms with Crippen LogP contribution in [-0.2, 0) is 12.0 Å². The molecule has 1 atom stereocenters. The first-order valence-corrected chi connectivity index (χ1v) is 6.98. The van der Waals surface area contributed by atoms with E-state index in [-0.39, 0.29) is 0 Å². The summed E-state index contributed by atoms with van der Waals surface area (Å²) in [7, 11) is 0. The van der Waals surface area contributed by atoms with Crippen LogP contribution in [0.2, 0.25) is 0 Å². The van der Waals surface area contributed by atoms with Gasteiger partial charge in [-0.1, -0.05) is 31.2 Å². The minimum absolute atomic E-state index is 0.582. The molecule has 1 aromatic heterocycles. The maximum absolute atomic E-state index is 10.8. The number of aliphatic hydroxyl groups is 1. The molecule has 0 spiro atoms. The number of ether oxygens (including phenoxy) is 1. The van der Waals surface area contributed by atoms with Gasteiger partial charge in [0.15, 0.2) is 0 Å². The van der Waals surface area contributed by atoms with Gasteiger partial charge in [0.25, 0.3) is 0 Å². The van der Waals surface area contributed by atoms with Gasteiger partial charge in [0.2, 0.25) is 0 Å². The highest BCUT2D eigenvalue weighted by atomic mass is 16.5. The fourth-order valence-electron chi connectivity index (χ4n) is 2.16. The van der Waals surface area contributed by atoms with Gasteiger partial charge < -0.3 is 9.84 Å². The Morgan fingerprint density at radius 2 is 1.80 bits per heavy atom. The third-order valence-electron chi connectivity index (χ3n) is 3.51. The second kappa shape index (κ2) is 6.06. The van der Waals surface area contributed by atoms with Crippen molar-refractivity contribution in [2.24, 2.45) is 0 Å². The number of hydrogen-bond acceptors (Lipinski definition) is 3. The summed E-state index contributed by atoms with van der Waals surface area (Å²) in [5.41, 5.74) is 1.76. The summed E-state index contributed by atoms with van der Waals surface area (Å²) in [5.74, 6) is 0.676. The number of pyridine rings is 1. The van der Waals surface area contributed by atoms with Gasteiger partial charge in [-0.2, -0.15) is 0 Å². The lowest BCUT2D eigenvalue weighted by Gasteiger charge is -2.24. The summed E-state index contributed by atoms with van der Waals surface area (Å²) < 4.78 is 5.44. The van der Waals surface area contributed by atoms with Crippen molar-refractivity contribution >= 4 is 0 Å². The molecule has 0 radical (unpaired) electrons. The summed E-state index contributed by atoms with van der Waals surface area (Å²) in [6.07, 6.45) is 4.32. The van der Waals surface area contributed by atoms with Crippen LogP contribution < -0.4 is 4.74 Å². The van der Waals surface area contributed by atoms with Crippen LogP contribution in [0.15, 0.2) is 42.7 Å². The van der Waals surface area contributed by atoms with Crippen molar-refractivity contribution in [1.82, 2.24) is 4.98 Å². The molecule has 2 aromatic rings. The molecular weight excluding hydrogens is 250 g/mol.